The van der Waals surface area contributed by atoms with Crippen molar-refractivity contribution in [2.24, 2.45) is 5.73 Å². The van der Waals surface area contributed by atoms with Gasteiger partial charge in [-0.3, -0.25) is 4.79 Å². The normalized spacial score (nSPS) is 10.9. The van der Waals surface area contributed by atoms with Crippen molar-refractivity contribution >= 4 is 5.91 Å². The predicted molar refractivity (Wildman–Crippen MR) is 82.7 cm³/mol. The molecule has 1 aromatic heterocycles. The molecule has 2 aromatic rings. The Labute approximate surface area is 124 Å². The van der Waals surface area contributed by atoms with Gasteiger partial charge in [-0.05, 0) is 38.0 Å². The smallest absolute Gasteiger partial charge is 0.251 e. The van der Waals surface area contributed by atoms with Gasteiger partial charge in [0.2, 0.25) is 0 Å². The van der Waals surface area contributed by atoms with Crippen LogP contribution in [0.3, 0.4) is 0 Å². The van der Waals surface area contributed by atoms with Crippen LogP contribution in [0.2, 0.25) is 0 Å². The van der Waals surface area contributed by atoms with Gasteiger partial charge in [-0.2, -0.15) is 0 Å². The number of nitrogens with zero attached hydrogens (tertiary/aromatic N) is 1. The third-order valence-corrected chi connectivity index (χ3v) is 3.90. The molecule has 21 heavy (non-hydrogen) atoms. The van der Waals surface area contributed by atoms with Crippen LogP contribution in [0, 0.1) is 19.7 Å². The predicted octanol–water partition coefficient (Wildman–Crippen LogP) is 3.81. The van der Waals surface area contributed by atoms with Crippen molar-refractivity contribution in [3.63, 3.8) is 0 Å². The zero-order chi connectivity index (χ0) is 15.6. The summed E-state index contributed by atoms with van der Waals surface area (Å²) in [5, 5.41) is 0. The van der Waals surface area contributed by atoms with Crippen LogP contribution in [0.4, 0.5) is 4.39 Å². The van der Waals surface area contributed by atoms with E-state index in [9.17, 15) is 9.18 Å². The molecule has 0 bridgehead atoms. The standard InChI is InChI=1S/C17H21FN2O/c1-4-5-10-20-11(2)15(16(12(20)3)17(19)21)13-6-8-14(18)9-7-13/h6-9H,4-5,10H2,1-3H3,(H2,19,21). The monoisotopic (exact) mass is 288 g/mol. The summed E-state index contributed by atoms with van der Waals surface area (Å²) in [4.78, 5) is 11.9. The van der Waals surface area contributed by atoms with Crippen LogP contribution in [0.1, 0.15) is 41.5 Å². The quantitative estimate of drug-likeness (QED) is 0.893. The highest BCUT2D eigenvalue weighted by atomic mass is 19.1. The third kappa shape index (κ3) is 2.84. The zero-order valence-electron chi connectivity index (χ0n) is 12.7. The molecule has 2 N–H and O–H groups in total. The second-order valence-corrected chi connectivity index (χ2v) is 5.30. The van der Waals surface area contributed by atoms with E-state index in [4.69, 9.17) is 5.73 Å². The molecule has 0 aliphatic heterocycles. The van der Waals surface area contributed by atoms with Gasteiger partial charge in [0.1, 0.15) is 5.82 Å². The largest absolute Gasteiger partial charge is 0.366 e. The van der Waals surface area contributed by atoms with Crippen molar-refractivity contribution in [1.82, 2.24) is 4.57 Å². The van der Waals surface area contributed by atoms with Gasteiger partial charge in [0.25, 0.3) is 5.91 Å². The van der Waals surface area contributed by atoms with Gasteiger partial charge in [0.05, 0.1) is 5.56 Å². The maximum absolute atomic E-state index is 13.1. The van der Waals surface area contributed by atoms with Crippen molar-refractivity contribution in [1.29, 1.82) is 0 Å². The first-order valence-electron chi connectivity index (χ1n) is 7.22. The van der Waals surface area contributed by atoms with Crippen LogP contribution in [0.5, 0.6) is 0 Å². The molecule has 0 atom stereocenters. The molecule has 4 heteroatoms. The Bertz CT molecular complexity index is 656. The minimum absolute atomic E-state index is 0.292. The van der Waals surface area contributed by atoms with Gasteiger partial charge in [-0.1, -0.05) is 25.5 Å². The first-order valence-corrected chi connectivity index (χ1v) is 7.22. The molecular weight excluding hydrogens is 267 g/mol. The Balaban J connectivity index is 2.63. The maximum atomic E-state index is 13.1. The molecular formula is C17H21FN2O. The summed E-state index contributed by atoms with van der Waals surface area (Å²) in [6.07, 6.45) is 2.12. The first kappa shape index (κ1) is 15.3. The fraction of sp³-hybridized carbons (Fsp3) is 0.353. The summed E-state index contributed by atoms with van der Waals surface area (Å²) in [7, 11) is 0. The van der Waals surface area contributed by atoms with Crippen molar-refractivity contribution in [2.45, 2.75) is 40.2 Å². The number of benzene rings is 1. The van der Waals surface area contributed by atoms with E-state index in [1.54, 1.807) is 12.1 Å². The van der Waals surface area contributed by atoms with E-state index in [0.717, 1.165) is 41.9 Å². The number of rotatable bonds is 5. The van der Waals surface area contributed by atoms with E-state index in [2.05, 4.69) is 11.5 Å². The summed E-state index contributed by atoms with van der Waals surface area (Å²) < 4.78 is 15.2. The van der Waals surface area contributed by atoms with Gasteiger partial charge in [-0.25, -0.2) is 4.39 Å². The number of aromatic nitrogens is 1. The minimum atomic E-state index is -0.440. The molecule has 0 aliphatic carbocycles. The average Bonchev–Trinajstić information content (AvgIpc) is 2.69. The summed E-state index contributed by atoms with van der Waals surface area (Å²) in [5.41, 5.74) is 9.62. The number of unbranched alkanes of at least 4 members (excludes halogenated alkanes) is 1. The summed E-state index contributed by atoms with van der Waals surface area (Å²) in [5.74, 6) is -0.732. The van der Waals surface area contributed by atoms with E-state index in [1.165, 1.54) is 12.1 Å². The van der Waals surface area contributed by atoms with E-state index in [1.807, 2.05) is 13.8 Å². The number of primary amides is 1. The Morgan fingerprint density at radius 2 is 1.81 bits per heavy atom. The summed E-state index contributed by atoms with van der Waals surface area (Å²) in [6.45, 7) is 6.88. The lowest BCUT2D eigenvalue weighted by Gasteiger charge is -2.08. The van der Waals surface area contributed by atoms with Gasteiger partial charge in [0, 0.05) is 23.5 Å². The number of hydrogen-bond donors (Lipinski definition) is 1. The number of carbonyl (C=O) groups is 1. The molecule has 1 aromatic carbocycles. The highest BCUT2D eigenvalue weighted by Crippen LogP contribution is 2.32. The highest BCUT2D eigenvalue weighted by molar-refractivity contribution is 6.02. The summed E-state index contributed by atoms with van der Waals surface area (Å²) >= 11 is 0. The summed E-state index contributed by atoms with van der Waals surface area (Å²) in [6, 6.07) is 6.18. The third-order valence-electron chi connectivity index (χ3n) is 3.90. The molecule has 2 rings (SSSR count). The molecule has 1 amide bonds. The molecule has 0 aliphatic rings. The fourth-order valence-electron chi connectivity index (χ4n) is 2.81. The van der Waals surface area contributed by atoms with Gasteiger partial charge in [-0.15, -0.1) is 0 Å². The topological polar surface area (TPSA) is 48.0 Å². The first-order chi connectivity index (χ1) is 9.97. The molecule has 112 valence electrons. The van der Waals surface area contributed by atoms with Gasteiger partial charge >= 0.3 is 0 Å². The Morgan fingerprint density at radius 3 is 2.33 bits per heavy atom. The second-order valence-electron chi connectivity index (χ2n) is 5.30. The van der Waals surface area contributed by atoms with Crippen LogP contribution >= 0.6 is 0 Å². The molecule has 0 fully saturated rings. The Morgan fingerprint density at radius 1 is 1.19 bits per heavy atom. The second kappa shape index (κ2) is 6.12. The van der Waals surface area contributed by atoms with Crippen LogP contribution < -0.4 is 5.73 Å². The molecule has 1 heterocycles. The highest BCUT2D eigenvalue weighted by Gasteiger charge is 2.22. The number of carbonyl (C=O) groups excluding carboxylic acids is 1. The molecule has 0 saturated carbocycles. The lowest BCUT2D eigenvalue weighted by Crippen LogP contribution is -2.13. The van der Waals surface area contributed by atoms with Crippen molar-refractivity contribution in [3.05, 3.63) is 47.0 Å². The molecule has 3 nitrogen and oxygen atoms in total. The molecule has 0 radical (unpaired) electrons. The number of amides is 1. The number of nitrogens with two attached hydrogens (primary N) is 1. The van der Waals surface area contributed by atoms with Gasteiger partial charge in [0.15, 0.2) is 0 Å². The molecule has 0 saturated heterocycles. The average molecular weight is 288 g/mol. The van der Waals surface area contributed by atoms with E-state index >= 15 is 0 Å². The van der Waals surface area contributed by atoms with Crippen LogP contribution in [-0.2, 0) is 6.54 Å². The van der Waals surface area contributed by atoms with E-state index < -0.39 is 5.91 Å². The minimum Gasteiger partial charge on any atom is -0.366 e. The lowest BCUT2D eigenvalue weighted by molar-refractivity contribution is 0.1000. The Kier molecular flexibility index (Phi) is 4.46. The Hall–Kier alpha value is -2.10. The zero-order valence-corrected chi connectivity index (χ0v) is 12.7. The van der Waals surface area contributed by atoms with E-state index in [0.29, 0.717) is 5.56 Å². The van der Waals surface area contributed by atoms with Crippen LogP contribution in [-0.4, -0.2) is 10.5 Å². The fourth-order valence-corrected chi connectivity index (χ4v) is 2.81. The van der Waals surface area contributed by atoms with Crippen molar-refractivity contribution in [3.8, 4) is 11.1 Å². The molecule has 0 spiro atoms. The van der Waals surface area contributed by atoms with Crippen molar-refractivity contribution < 1.29 is 9.18 Å². The maximum Gasteiger partial charge on any atom is 0.251 e. The van der Waals surface area contributed by atoms with E-state index in [-0.39, 0.29) is 5.82 Å². The molecule has 0 unspecified atom stereocenters. The van der Waals surface area contributed by atoms with Crippen molar-refractivity contribution in [2.75, 3.05) is 0 Å². The SMILES string of the molecule is CCCCn1c(C)c(C(N)=O)c(-c2ccc(F)cc2)c1C. The van der Waals surface area contributed by atoms with Crippen LogP contribution in [0.15, 0.2) is 24.3 Å². The number of hydrogen-bond acceptors (Lipinski definition) is 1. The van der Waals surface area contributed by atoms with Gasteiger partial charge < -0.3 is 10.3 Å². The lowest BCUT2D eigenvalue weighted by atomic mass is 10.00. The number of halogens is 1. The van der Waals surface area contributed by atoms with Crippen LogP contribution in [0.25, 0.3) is 11.1 Å².